The molecule has 3 aliphatic rings. The lowest BCUT2D eigenvalue weighted by molar-refractivity contribution is -0.186. The number of alkyl halides is 3. The summed E-state index contributed by atoms with van der Waals surface area (Å²) in [5, 5.41) is 10.6. The molecule has 1 saturated carbocycles. The zero-order valence-electron chi connectivity index (χ0n) is 16.9. The number of amides is 1. The fourth-order valence-corrected chi connectivity index (χ4v) is 4.89. The molecule has 30 heavy (non-hydrogen) atoms. The molecule has 0 aromatic heterocycles. The molecular formula is C22H28F3NO4. The van der Waals surface area contributed by atoms with Crippen LogP contribution in [-0.4, -0.2) is 47.1 Å². The van der Waals surface area contributed by atoms with Crippen LogP contribution in [0, 0.1) is 5.92 Å². The number of likely N-dealkylation sites (tertiary alicyclic amines) is 1. The summed E-state index contributed by atoms with van der Waals surface area (Å²) in [5.41, 5.74) is 0.895. The van der Waals surface area contributed by atoms with E-state index in [2.05, 4.69) is 0 Å². The second-order valence-electron chi connectivity index (χ2n) is 8.75. The van der Waals surface area contributed by atoms with Crippen molar-refractivity contribution >= 4 is 5.91 Å². The predicted octanol–water partition coefficient (Wildman–Crippen LogP) is 4.21. The van der Waals surface area contributed by atoms with Gasteiger partial charge in [0.15, 0.2) is 11.5 Å². The number of fused-ring (bicyclic) bond motifs is 1. The van der Waals surface area contributed by atoms with Crippen molar-refractivity contribution in [2.45, 2.75) is 75.9 Å². The number of rotatable bonds is 4. The number of halogens is 3. The molecule has 0 bridgehead atoms. The van der Waals surface area contributed by atoms with Crippen LogP contribution in [0.2, 0.25) is 0 Å². The molecule has 1 spiro atoms. The van der Waals surface area contributed by atoms with Crippen LogP contribution >= 0.6 is 0 Å². The van der Waals surface area contributed by atoms with E-state index in [0.717, 1.165) is 41.9 Å². The third-order valence-corrected chi connectivity index (χ3v) is 6.47. The van der Waals surface area contributed by atoms with Gasteiger partial charge in [-0.05, 0) is 44.1 Å². The maximum Gasteiger partial charge on any atom is 0.471 e. The maximum atomic E-state index is 12.6. The summed E-state index contributed by atoms with van der Waals surface area (Å²) < 4.78 is 50.1. The summed E-state index contributed by atoms with van der Waals surface area (Å²) in [7, 11) is 0. The maximum absolute atomic E-state index is 12.6. The summed E-state index contributed by atoms with van der Waals surface area (Å²) in [4.78, 5) is 12.2. The zero-order chi connectivity index (χ0) is 21.4. The molecule has 2 fully saturated rings. The molecule has 1 N–H and O–H groups in total. The smallest absolute Gasteiger partial charge is 0.448 e. The number of piperidine rings is 1. The van der Waals surface area contributed by atoms with Crippen molar-refractivity contribution < 1.29 is 32.5 Å². The van der Waals surface area contributed by atoms with E-state index < -0.39 is 24.0 Å². The molecular weight excluding hydrogens is 399 g/mol. The van der Waals surface area contributed by atoms with Gasteiger partial charge in [-0.25, -0.2) is 0 Å². The molecule has 8 heteroatoms. The average Bonchev–Trinajstić information content (AvgIpc) is 3.06. The molecule has 166 valence electrons. The van der Waals surface area contributed by atoms with E-state index in [1.165, 1.54) is 6.42 Å². The molecule has 2 heterocycles. The Morgan fingerprint density at radius 1 is 1.17 bits per heavy atom. The Balaban J connectivity index is 1.32. The van der Waals surface area contributed by atoms with E-state index in [1.807, 2.05) is 18.2 Å². The van der Waals surface area contributed by atoms with Crippen LogP contribution in [0.1, 0.15) is 56.9 Å². The Hall–Kier alpha value is -1.96. The molecule has 1 amide bonds. The summed E-state index contributed by atoms with van der Waals surface area (Å²) in [6, 6.07) is 5.72. The lowest BCUT2D eigenvalue weighted by Crippen LogP contribution is -2.45. The first-order valence-electron chi connectivity index (χ1n) is 10.8. The van der Waals surface area contributed by atoms with Gasteiger partial charge in [-0.1, -0.05) is 18.6 Å². The normalized spacial score (nSPS) is 22.3. The molecule has 1 aliphatic carbocycles. The number of aliphatic hydroxyl groups is 1. The first-order chi connectivity index (χ1) is 14.3. The van der Waals surface area contributed by atoms with Gasteiger partial charge >= 0.3 is 12.1 Å². The minimum absolute atomic E-state index is 0.0793. The number of aliphatic hydroxyl groups excluding tert-OH is 1. The van der Waals surface area contributed by atoms with Crippen LogP contribution in [0.3, 0.4) is 0 Å². The monoisotopic (exact) mass is 427 g/mol. The number of para-hydroxylation sites is 1. The van der Waals surface area contributed by atoms with Crippen LogP contribution in [0.25, 0.3) is 0 Å². The Morgan fingerprint density at radius 3 is 2.53 bits per heavy atom. The highest BCUT2D eigenvalue weighted by atomic mass is 19.4. The Bertz CT molecular complexity index is 768. The predicted molar refractivity (Wildman–Crippen MR) is 103 cm³/mol. The molecule has 1 aromatic rings. The number of ether oxygens (including phenoxy) is 2. The summed E-state index contributed by atoms with van der Waals surface area (Å²) in [5.74, 6) is -0.810. The third kappa shape index (κ3) is 4.53. The second-order valence-corrected chi connectivity index (χ2v) is 8.75. The topological polar surface area (TPSA) is 59.0 Å². The van der Waals surface area contributed by atoms with E-state index in [9.17, 15) is 23.1 Å². The van der Waals surface area contributed by atoms with Gasteiger partial charge in [0, 0.05) is 37.9 Å². The van der Waals surface area contributed by atoms with Crippen molar-refractivity contribution in [1.82, 2.24) is 4.90 Å². The lowest BCUT2D eigenvalue weighted by atomic mass is 9.89. The van der Waals surface area contributed by atoms with Crippen molar-refractivity contribution in [3.8, 4) is 11.5 Å². The SMILES string of the molecule is O=C(N1CCC(CC(O)Cc2cccc3c2OC2(CCCCC2)O3)CC1)C(F)(F)F. The zero-order valence-corrected chi connectivity index (χ0v) is 16.9. The first kappa shape index (κ1) is 21.3. The third-order valence-electron chi connectivity index (χ3n) is 6.47. The van der Waals surface area contributed by atoms with Crippen LogP contribution in [0.15, 0.2) is 18.2 Å². The number of nitrogens with zero attached hydrogens (tertiary/aromatic N) is 1. The van der Waals surface area contributed by atoms with Gasteiger partial charge in [-0.3, -0.25) is 4.79 Å². The van der Waals surface area contributed by atoms with Gasteiger partial charge in [0.1, 0.15) is 0 Å². The van der Waals surface area contributed by atoms with E-state index >= 15 is 0 Å². The standard InChI is InChI=1S/C22H28F3NO4/c23-22(24,25)20(28)26-11-7-15(8-12-26)13-17(27)14-16-5-4-6-18-19(16)30-21(29-18)9-2-1-3-10-21/h4-6,15,17,27H,1-3,7-14H2. The fourth-order valence-electron chi connectivity index (χ4n) is 4.89. The largest absolute Gasteiger partial charge is 0.471 e. The highest BCUT2D eigenvalue weighted by Gasteiger charge is 2.44. The fraction of sp³-hybridized carbons (Fsp3) is 0.682. The molecule has 1 aromatic carbocycles. The highest BCUT2D eigenvalue weighted by molar-refractivity contribution is 5.81. The van der Waals surface area contributed by atoms with Crippen molar-refractivity contribution in [3.05, 3.63) is 23.8 Å². The van der Waals surface area contributed by atoms with Gasteiger partial charge in [-0.15, -0.1) is 0 Å². The number of carbonyl (C=O) groups is 1. The number of hydrogen-bond donors (Lipinski definition) is 1. The Labute approximate surface area is 174 Å². The molecule has 0 radical (unpaired) electrons. The summed E-state index contributed by atoms with van der Waals surface area (Å²) >= 11 is 0. The molecule has 2 aliphatic heterocycles. The number of hydrogen-bond acceptors (Lipinski definition) is 4. The minimum Gasteiger partial charge on any atom is -0.448 e. The van der Waals surface area contributed by atoms with Gasteiger partial charge in [0.25, 0.3) is 5.79 Å². The summed E-state index contributed by atoms with van der Waals surface area (Å²) in [6.07, 6.45) is 1.43. The van der Waals surface area contributed by atoms with Gasteiger partial charge in [0.05, 0.1) is 6.10 Å². The van der Waals surface area contributed by atoms with Crippen LogP contribution in [0.4, 0.5) is 13.2 Å². The van der Waals surface area contributed by atoms with Gasteiger partial charge in [0.2, 0.25) is 0 Å². The first-order valence-corrected chi connectivity index (χ1v) is 10.8. The Morgan fingerprint density at radius 2 is 1.87 bits per heavy atom. The van der Waals surface area contributed by atoms with E-state index in [-0.39, 0.29) is 19.0 Å². The lowest BCUT2D eigenvalue weighted by Gasteiger charge is -2.33. The molecule has 1 saturated heterocycles. The number of carbonyl (C=O) groups excluding carboxylic acids is 1. The van der Waals surface area contributed by atoms with Crippen molar-refractivity contribution in [2.24, 2.45) is 5.92 Å². The molecule has 1 unspecified atom stereocenters. The molecule has 5 nitrogen and oxygen atoms in total. The van der Waals surface area contributed by atoms with E-state index in [4.69, 9.17) is 9.47 Å². The van der Waals surface area contributed by atoms with Gasteiger partial charge in [-0.2, -0.15) is 13.2 Å². The van der Waals surface area contributed by atoms with Crippen molar-refractivity contribution in [3.63, 3.8) is 0 Å². The van der Waals surface area contributed by atoms with Gasteiger partial charge < -0.3 is 19.5 Å². The van der Waals surface area contributed by atoms with E-state index in [0.29, 0.717) is 31.4 Å². The van der Waals surface area contributed by atoms with Crippen molar-refractivity contribution in [1.29, 1.82) is 0 Å². The summed E-state index contributed by atoms with van der Waals surface area (Å²) in [6.45, 7) is 0.159. The second kappa shape index (κ2) is 8.29. The van der Waals surface area contributed by atoms with Crippen LogP contribution < -0.4 is 9.47 Å². The highest BCUT2D eigenvalue weighted by Crippen LogP contribution is 2.47. The Kier molecular flexibility index (Phi) is 5.88. The van der Waals surface area contributed by atoms with Crippen molar-refractivity contribution in [2.75, 3.05) is 13.1 Å². The number of benzene rings is 1. The minimum atomic E-state index is -4.82. The van der Waals surface area contributed by atoms with Crippen LogP contribution in [-0.2, 0) is 11.2 Å². The van der Waals surface area contributed by atoms with Crippen LogP contribution in [0.5, 0.6) is 11.5 Å². The molecule has 4 rings (SSSR count). The quantitative estimate of drug-likeness (QED) is 0.782. The average molecular weight is 427 g/mol. The van der Waals surface area contributed by atoms with E-state index in [1.54, 1.807) is 0 Å². The molecule has 1 atom stereocenters.